The zero-order chi connectivity index (χ0) is 22.0. The van der Waals surface area contributed by atoms with E-state index < -0.39 is 16.7 Å². The molecule has 0 bridgehead atoms. The van der Waals surface area contributed by atoms with E-state index in [0.29, 0.717) is 12.2 Å². The first kappa shape index (κ1) is 20.7. The van der Waals surface area contributed by atoms with Gasteiger partial charge in [0.25, 0.3) is 5.91 Å². The summed E-state index contributed by atoms with van der Waals surface area (Å²) in [5.41, 5.74) is 1.75. The molecular weight excluding hydrogens is 394 g/mol. The van der Waals surface area contributed by atoms with Crippen molar-refractivity contribution in [2.75, 3.05) is 10.6 Å². The van der Waals surface area contributed by atoms with Crippen LogP contribution in [0.1, 0.15) is 28.8 Å². The van der Waals surface area contributed by atoms with Crippen molar-refractivity contribution in [1.29, 1.82) is 0 Å². The molecule has 13 nitrogen and oxygen atoms in total. The molecule has 0 spiro atoms. The standard InChI is InChI=1S/C17H21N9O4/c1-5-25-16(17(28)21-12-6-18-23(4)11(12)3)13(7-19-25)20-15(27)9-24-8-14(26(29)30)10(2)22-24/h6-8H,5,9H2,1-4H3,(H,20,27)(H,21,28). The molecule has 0 aliphatic heterocycles. The van der Waals surface area contributed by atoms with Gasteiger partial charge in [0.15, 0.2) is 0 Å². The second-order valence-corrected chi connectivity index (χ2v) is 6.55. The Kier molecular flexibility index (Phi) is 5.62. The Morgan fingerprint density at radius 1 is 1.17 bits per heavy atom. The molecule has 0 unspecified atom stereocenters. The van der Waals surface area contributed by atoms with E-state index in [1.165, 1.54) is 34.9 Å². The largest absolute Gasteiger partial charge is 0.321 e. The van der Waals surface area contributed by atoms with Crippen LogP contribution in [0.4, 0.5) is 17.1 Å². The molecule has 13 heteroatoms. The van der Waals surface area contributed by atoms with Gasteiger partial charge in [-0.05, 0) is 20.8 Å². The van der Waals surface area contributed by atoms with E-state index in [-0.39, 0.29) is 29.3 Å². The van der Waals surface area contributed by atoms with Gasteiger partial charge in [-0.1, -0.05) is 0 Å². The Morgan fingerprint density at radius 2 is 1.87 bits per heavy atom. The third-order valence-corrected chi connectivity index (χ3v) is 4.53. The van der Waals surface area contributed by atoms with Crippen molar-refractivity contribution in [3.8, 4) is 0 Å². The quantitative estimate of drug-likeness (QED) is 0.434. The first-order valence-electron chi connectivity index (χ1n) is 9.05. The Bertz CT molecular complexity index is 1120. The third kappa shape index (κ3) is 4.04. The molecule has 2 amide bonds. The summed E-state index contributed by atoms with van der Waals surface area (Å²) in [4.78, 5) is 35.7. The molecule has 0 aliphatic carbocycles. The van der Waals surface area contributed by atoms with E-state index in [9.17, 15) is 19.7 Å². The molecule has 3 aromatic heterocycles. The maximum absolute atomic E-state index is 12.8. The molecule has 0 aliphatic rings. The summed E-state index contributed by atoms with van der Waals surface area (Å²) in [6, 6.07) is 0. The number of nitro groups is 1. The topological polar surface area (TPSA) is 155 Å². The number of aryl methyl sites for hydroxylation is 3. The van der Waals surface area contributed by atoms with E-state index >= 15 is 0 Å². The fraction of sp³-hybridized carbons (Fsp3) is 0.353. The van der Waals surface area contributed by atoms with Crippen LogP contribution >= 0.6 is 0 Å². The van der Waals surface area contributed by atoms with Crippen LogP contribution in [0.3, 0.4) is 0 Å². The predicted molar refractivity (Wildman–Crippen MR) is 106 cm³/mol. The summed E-state index contributed by atoms with van der Waals surface area (Å²) in [6.45, 7) is 5.27. The highest BCUT2D eigenvalue weighted by atomic mass is 16.6. The Hall–Kier alpha value is -4.03. The van der Waals surface area contributed by atoms with Crippen LogP contribution in [-0.2, 0) is 24.9 Å². The van der Waals surface area contributed by atoms with Gasteiger partial charge in [0.05, 0.1) is 34.4 Å². The number of amides is 2. The molecule has 3 heterocycles. The van der Waals surface area contributed by atoms with Gasteiger partial charge in [0, 0.05) is 13.6 Å². The second kappa shape index (κ2) is 8.14. The van der Waals surface area contributed by atoms with Crippen molar-refractivity contribution < 1.29 is 14.5 Å². The van der Waals surface area contributed by atoms with Crippen molar-refractivity contribution in [2.24, 2.45) is 7.05 Å². The molecular formula is C17H21N9O4. The van der Waals surface area contributed by atoms with Crippen molar-refractivity contribution in [3.05, 3.63) is 45.8 Å². The van der Waals surface area contributed by atoms with E-state index in [2.05, 4.69) is 25.9 Å². The number of aromatic nitrogens is 6. The lowest BCUT2D eigenvalue weighted by molar-refractivity contribution is -0.385. The zero-order valence-electron chi connectivity index (χ0n) is 16.9. The summed E-state index contributed by atoms with van der Waals surface area (Å²) in [6.07, 6.45) is 4.09. The van der Waals surface area contributed by atoms with Gasteiger partial charge in [-0.15, -0.1) is 0 Å². The van der Waals surface area contributed by atoms with E-state index in [1.54, 1.807) is 11.7 Å². The fourth-order valence-corrected chi connectivity index (χ4v) is 2.86. The molecule has 30 heavy (non-hydrogen) atoms. The Balaban J connectivity index is 1.78. The number of anilines is 2. The van der Waals surface area contributed by atoms with Crippen molar-refractivity contribution in [2.45, 2.75) is 33.9 Å². The van der Waals surface area contributed by atoms with Crippen LogP contribution in [0.2, 0.25) is 0 Å². The van der Waals surface area contributed by atoms with Gasteiger partial charge < -0.3 is 10.6 Å². The molecule has 0 saturated carbocycles. The van der Waals surface area contributed by atoms with Gasteiger partial charge in [-0.3, -0.25) is 33.7 Å². The van der Waals surface area contributed by atoms with Crippen LogP contribution < -0.4 is 10.6 Å². The first-order valence-corrected chi connectivity index (χ1v) is 9.05. The molecule has 158 valence electrons. The molecule has 3 aromatic rings. The highest BCUT2D eigenvalue weighted by molar-refractivity contribution is 6.09. The monoisotopic (exact) mass is 415 g/mol. The van der Waals surface area contributed by atoms with Crippen LogP contribution in [0.5, 0.6) is 0 Å². The smallest absolute Gasteiger partial charge is 0.309 e. The summed E-state index contributed by atoms with van der Waals surface area (Å²) in [5.74, 6) is -0.957. The Labute approximate surface area is 170 Å². The van der Waals surface area contributed by atoms with Crippen molar-refractivity contribution in [1.82, 2.24) is 29.3 Å². The van der Waals surface area contributed by atoms with Crippen molar-refractivity contribution in [3.63, 3.8) is 0 Å². The predicted octanol–water partition coefficient (Wildman–Crippen LogP) is 1.25. The van der Waals surface area contributed by atoms with Gasteiger partial charge in [-0.2, -0.15) is 15.3 Å². The molecule has 0 atom stereocenters. The number of nitrogens with zero attached hydrogens (tertiary/aromatic N) is 7. The molecule has 3 rings (SSSR count). The highest BCUT2D eigenvalue weighted by Crippen LogP contribution is 2.20. The molecule has 0 radical (unpaired) electrons. The SMILES string of the molecule is CCn1ncc(NC(=O)Cn2cc([N+](=O)[O-])c(C)n2)c1C(=O)Nc1cnn(C)c1C. The number of hydrogen-bond donors (Lipinski definition) is 2. The number of nitrogens with one attached hydrogen (secondary N) is 2. The van der Waals surface area contributed by atoms with E-state index in [4.69, 9.17) is 0 Å². The number of carbonyl (C=O) groups excluding carboxylic acids is 2. The minimum Gasteiger partial charge on any atom is -0.321 e. The zero-order valence-corrected chi connectivity index (χ0v) is 16.9. The summed E-state index contributed by atoms with van der Waals surface area (Å²) < 4.78 is 4.26. The number of hydrogen-bond acceptors (Lipinski definition) is 7. The number of rotatable bonds is 7. The lowest BCUT2D eigenvalue weighted by Crippen LogP contribution is -2.23. The van der Waals surface area contributed by atoms with Gasteiger partial charge in [-0.25, -0.2) is 0 Å². The van der Waals surface area contributed by atoms with Gasteiger partial charge in [0.2, 0.25) is 5.91 Å². The summed E-state index contributed by atoms with van der Waals surface area (Å²) in [5, 5.41) is 28.5. The lowest BCUT2D eigenvalue weighted by atomic mass is 10.3. The summed E-state index contributed by atoms with van der Waals surface area (Å²) >= 11 is 0. The maximum Gasteiger partial charge on any atom is 0.309 e. The molecule has 2 N–H and O–H groups in total. The number of carbonyl (C=O) groups is 2. The van der Waals surface area contributed by atoms with E-state index in [0.717, 1.165) is 5.69 Å². The van der Waals surface area contributed by atoms with E-state index in [1.807, 2.05) is 13.8 Å². The normalized spacial score (nSPS) is 10.8. The average Bonchev–Trinajstić information content (AvgIpc) is 3.34. The first-order chi connectivity index (χ1) is 14.2. The fourth-order valence-electron chi connectivity index (χ4n) is 2.86. The third-order valence-electron chi connectivity index (χ3n) is 4.53. The molecule has 0 fully saturated rings. The molecule has 0 saturated heterocycles. The average molecular weight is 415 g/mol. The van der Waals surface area contributed by atoms with Crippen LogP contribution in [0.15, 0.2) is 18.6 Å². The molecule has 0 aromatic carbocycles. The van der Waals surface area contributed by atoms with Gasteiger partial charge in [0.1, 0.15) is 24.1 Å². The Morgan fingerprint density at radius 3 is 2.43 bits per heavy atom. The maximum atomic E-state index is 12.8. The second-order valence-electron chi connectivity index (χ2n) is 6.55. The minimum atomic E-state index is -0.565. The minimum absolute atomic E-state index is 0.173. The lowest BCUT2D eigenvalue weighted by Gasteiger charge is -2.10. The highest BCUT2D eigenvalue weighted by Gasteiger charge is 2.22. The van der Waals surface area contributed by atoms with Crippen LogP contribution in [-0.4, -0.2) is 46.1 Å². The van der Waals surface area contributed by atoms with Crippen LogP contribution in [0, 0.1) is 24.0 Å². The summed E-state index contributed by atoms with van der Waals surface area (Å²) in [7, 11) is 1.76. The van der Waals surface area contributed by atoms with Crippen LogP contribution in [0.25, 0.3) is 0 Å². The van der Waals surface area contributed by atoms with Crippen molar-refractivity contribution >= 4 is 28.9 Å². The van der Waals surface area contributed by atoms with Gasteiger partial charge >= 0.3 is 5.69 Å².